The number of pyridine rings is 2. The van der Waals surface area contributed by atoms with Crippen LogP contribution in [0.2, 0.25) is 0 Å². The number of aromatic nitrogens is 3. The summed E-state index contributed by atoms with van der Waals surface area (Å²) >= 11 is 0. The van der Waals surface area contributed by atoms with Crippen molar-refractivity contribution >= 4 is 23.2 Å². The van der Waals surface area contributed by atoms with E-state index in [1.54, 1.807) is 27.9 Å². The molecule has 2 amide bonds. The maximum absolute atomic E-state index is 14.6. The first-order chi connectivity index (χ1) is 15.5. The summed E-state index contributed by atoms with van der Waals surface area (Å²) in [5.41, 5.74) is 3.88. The van der Waals surface area contributed by atoms with Crippen molar-refractivity contribution in [3.05, 3.63) is 53.4 Å². The van der Waals surface area contributed by atoms with Crippen LogP contribution in [0.25, 0.3) is 5.65 Å². The molecular weight excluding hydrogens is 419 g/mol. The predicted molar refractivity (Wildman–Crippen MR) is 127 cm³/mol. The number of carbonyl (C=O) groups is 1. The molecule has 8 heteroatoms. The second-order valence-corrected chi connectivity index (χ2v) is 10.7. The highest BCUT2D eigenvalue weighted by atomic mass is 19.1. The number of urea groups is 1. The van der Waals surface area contributed by atoms with Crippen LogP contribution in [0.5, 0.6) is 0 Å². The van der Waals surface area contributed by atoms with E-state index in [2.05, 4.69) is 54.4 Å². The van der Waals surface area contributed by atoms with Crippen LogP contribution < -0.4 is 15.5 Å². The number of hydrogen-bond acceptors (Lipinski definition) is 4. The van der Waals surface area contributed by atoms with Gasteiger partial charge in [-0.3, -0.25) is 4.90 Å². The SMILES string of the molecule is Cc1cn2cc(NC(=O)N3CCc4c(C5CC(C)(C)NC(C)(C)C5)ccnc43)c(F)cc2n1. The smallest absolute Gasteiger partial charge is 0.307 e. The minimum Gasteiger partial charge on any atom is -0.307 e. The van der Waals surface area contributed by atoms with Gasteiger partial charge in [-0.15, -0.1) is 0 Å². The summed E-state index contributed by atoms with van der Waals surface area (Å²) in [6.07, 6.45) is 7.94. The third-order valence-electron chi connectivity index (χ3n) is 6.69. The monoisotopic (exact) mass is 450 g/mol. The van der Waals surface area contributed by atoms with E-state index in [9.17, 15) is 9.18 Å². The average molecular weight is 451 g/mol. The van der Waals surface area contributed by atoms with Gasteiger partial charge in [0.25, 0.3) is 0 Å². The van der Waals surface area contributed by atoms with E-state index in [1.807, 2.05) is 6.92 Å². The lowest BCUT2D eigenvalue weighted by Gasteiger charge is -2.47. The summed E-state index contributed by atoms with van der Waals surface area (Å²) in [5.74, 6) is 0.557. The number of hydrogen-bond donors (Lipinski definition) is 2. The van der Waals surface area contributed by atoms with Crippen LogP contribution in [0.15, 0.2) is 30.7 Å². The van der Waals surface area contributed by atoms with Crippen LogP contribution in [-0.2, 0) is 6.42 Å². The predicted octanol–water partition coefficient (Wildman–Crippen LogP) is 4.80. The van der Waals surface area contributed by atoms with Crippen molar-refractivity contribution in [3.63, 3.8) is 0 Å². The minimum atomic E-state index is -0.512. The first kappa shape index (κ1) is 21.8. The highest BCUT2D eigenvalue weighted by Crippen LogP contribution is 2.43. The lowest BCUT2D eigenvalue weighted by molar-refractivity contribution is 0.161. The van der Waals surface area contributed by atoms with E-state index in [-0.39, 0.29) is 22.8 Å². The van der Waals surface area contributed by atoms with E-state index in [1.165, 1.54) is 11.6 Å². The van der Waals surface area contributed by atoms with Gasteiger partial charge in [0.05, 0.1) is 11.4 Å². The number of amides is 2. The van der Waals surface area contributed by atoms with Gasteiger partial charge in [-0.05, 0) is 71.4 Å². The van der Waals surface area contributed by atoms with Gasteiger partial charge in [0.15, 0.2) is 5.82 Å². The summed E-state index contributed by atoms with van der Waals surface area (Å²) < 4.78 is 16.3. The molecule has 5 rings (SSSR count). The Morgan fingerprint density at radius 1 is 1.21 bits per heavy atom. The number of aryl methyl sites for hydroxylation is 1. The van der Waals surface area contributed by atoms with E-state index in [0.717, 1.165) is 30.5 Å². The zero-order valence-electron chi connectivity index (χ0n) is 19.9. The van der Waals surface area contributed by atoms with Gasteiger partial charge in [-0.25, -0.2) is 19.2 Å². The fourth-order valence-electron chi connectivity index (χ4n) is 5.85. The average Bonchev–Trinajstić information content (AvgIpc) is 3.28. The molecule has 5 heterocycles. The summed E-state index contributed by atoms with van der Waals surface area (Å²) in [6.45, 7) is 11.4. The van der Waals surface area contributed by atoms with Gasteiger partial charge in [-0.2, -0.15) is 0 Å². The maximum Gasteiger partial charge on any atom is 0.327 e. The molecule has 7 nitrogen and oxygen atoms in total. The topological polar surface area (TPSA) is 74.6 Å². The Kier molecular flexibility index (Phi) is 4.97. The Balaban J connectivity index is 1.41. The van der Waals surface area contributed by atoms with Crippen LogP contribution in [0.3, 0.4) is 0 Å². The molecule has 3 aromatic rings. The standard InChI is InChI=1S/C25H31FN6O/c1-15-13-31-14-20(19(26)10-21(31)28-15)29-23(33)32-9-7-18-17(6-8-27-22(18)32)16-11-24(2,3)30-25(4,5)12-16/h6,8,10,13-14,16,30H,7,9,11-12H2,1-5H3,(H,29,33). The maximum atomic E-state index is 14.6. The molecule has 0 atom stereocenters. The normalized spacial score (nSPS) is 19.6. The number of carbonyl (C=O) groups excluding carboxylic acids is 1. The van der Waals surface area contributed by atoms with E-state index in [4.69, 9.17) is 0 Å². The summed E-state index contributed by atoms with van der Waals surface area (Å²) in [7, 11) is 0. The van der Waals surface area contributed by atoms with Gasteiger partial charge in [0.1, 0.15) is 11.5 Å². The zero-order chi connectivity index (χ0) is 23.5. The molecule has 174 valence electrons. The number of imidazole rings is 1. The summed E-state index contributed by atoms with van der Waals surface area (Å²) in [5, 5.41) is 6.47. The Morgan fingerprint density at radius 3 is 2.67 bits per heavy atom. The van der Waals surface area contributed by atoms with Crippen LogP contribution >= 0.6 is 0 Å². The lowest BCUT2D eigenvalue weighted by Crippen LogP contribution is -2.57. The molecule has 0 unspecified atom stereocenters. The molecule has 1 fully saturated rings. The first-order valence-electron chi connectivity index (χ1n) is 11.5. The van der Waals surface area contributed by atoms with Crippen LogP contribution in [0.4, 0.5) is 20.7 Å². The highest BCUT2D eigenvalue weighted by molar-refractivity contribution is 6.02. The number of halogens is 1. The number of rotatable bonds is 2. The number of nitrogens with one attached hydrogen (secondary N) is 2. The molecule has 3 aromatic heterocycles. The van der Waals surface area contributed by atoms with E-state index < -0.39 is 5.82 Å². The molecule has 2 N–H and O–H groups in total. The Hall–Kier alpha value is -3.00. The Morgan fingerprint density at radius 2 is 1.94 bits per heavy atom. The molecule has 1 saturated heterocycles. The quantitative estimate of drug-likeness (QED) is 0.588. The van der Waals surface area contributed by atoms with Crippen LogP contribution in [0, 0.1) is 12.7 Å². The van der Waals surface area contributed by atoms with E-state index in [0.29, 0.717) is 23.9 Å². The van der Waals surface area contributed by atoms with Crippen molar-refractivity contribution in [1.82, 2.24) is 19.7 Å². The van der Waals surface area contributed by atoms with Crippen molar-refractivity contribution < 1.29 is 9.18 Å². The molecule has 0 bridgehead atoms. The second kappa shape index (κ2) is 7.52. The number of nitrogens with zero attached hydrogens (tertiary/aromatic N) is 4. The number of anilines is 2. The van der Waals surface area contributed by atoms with Gasteiger partial charge in [0.2, 0.25) is 0 Å². The van der Waals surface area contributed by atoms with Crippen LogP contribution in [0.1, 0.15) is 63.3 Å². The van der Waals surface area contributed by atoms with Gasteiger partial charge >= 0.3 is 6.03 Å². The third kappa shape index (κ3) is 4.08. The summed E-state index contributed by atoms with van der Waals surface area (Å²) in [4.78, 5) is 23.6. The Bertz CT molecular complexity index is 1230. The van der Waals surface area contributed by atoms with Crippen molar-refractivity contribution in [2.24, 2.45) is 0 Å². The number of fused-ring (bicyclic) bond motifs is 2. The van der Waals surface area contributed by atoms with Crippen molar-refractivity contribution in [1.29, 1.82) is 0 Å². The van der Waals surface area contributed by atoms with Gasteiger partial charge < -0.3 is 15.0 Å². The van der Waals surface area contributed by atoms with Crippen molar-refractivity contribution in [2.45, 2.75) is 70.9 Å². The molecule has 0 spiro atoms. The zero-order valence-corrected chi connectivity index (χ0v) is 19.9. The largest absolute Gasteiger partial charge is 0.327 e. The van der Waals surface area contributed by atoms with Gasteiger partial charge in [0, 0.05) is 47.8 Å². The van der Waals surface area contributed by atoms with Gasteiger partial charge in [-0.1, -0.05) is 0 Å². The molecule has 2 aliphatic heterocycles. The highest BCUT2D eigenvalue weighted by Gasteiger charge is 2.40. The Labute approximate surface area is 193 Å². The molecule has 0 aliphatic carbocycles. The second-order valence-electron chi connectivity index (χ2n) is 10.7. The molecule has 0 radical (unpaired) electrons. The number of piperidine rings is 1. The summed E-state index contributed by atoms with van der Waals surface area (Å²) in [6, 6.07) is 3.06. The molecule has 2 aliphatic rings. The molecule has 33 heavy (non-hydrogen) atoms. The van der Waals surface area contributed by atoms with Crippen molar-refractivity contribution in [3.8, 4) is 0 Å². The molecular formula is C25H31FN6O. The van der Waals surface area contributed by atoms with E-state index >= 15 is 0 Å². The fraction of sp³-hybridized carbons (Fsp3) is 0.480. The van der Waals surface area contributed by atoms with Crippen molar-refractivity contribution in [2.75, 3.05) is 16.8 Å². The minimum absolute atomic E-state index is 0.0279. The van der Waals surface area contributed by atoms with Crippen LogP contribution in [-0.4, -0.2) is 38.0 Å². The molecule has 0 saturated carbocycles. The third-order valence-corrected chi connectivity index (χ3v) is 6.69. The fourth-order valence-corrected chi connectivity index (χ4v) is 5.85. The molecule has 0 aromatic carbocycles. The first-order valence-corrected chi connectivity index (χ1v) is 11.5. The lowest BCUT2D eigenvalue weighted by atomic mass is 9.72.